The Morgan fingerprint density at radius 2 is 2.12 bits per heavy atom. The first-order valence-corrected chi connectivity index (χ1v) is 9.91. The third-order valence-electron chi connectivity index (χ3n) is 3.80. The van der Waals surface area contributed by atoms with Gasteiger partial charge in [0, 0.05) is 14.2 Å². The van der Waals surface area contributed by atoms with Gasteiger partial charge in [0.2, 0.25) is 0 Å². The molecule has 2 rings (SSSR count). The first-order valence-electron chi connectivity index (χ1n) is 8.30. The van der Waals surface area contributed by atoms with Crippen molar-refractivity contribution < 1.29 is 9.53 Å². The molecular weight excluding hydrogens is 400 g/mol. The zero-order valence-corrected chi connectivity index (χ0v) is 17.1. The highest BCUT2D eigenvalue weighted by Crippen LogP contribution is 2.25. The standard InChI is InChI=1S/C19H23BrN2O2S/c1-4-5-13(2)15-6-8-16(9-7-15)24-12-19(23)22-21-11-17-10-18(20)14(3)25-17/h6-11,13H,4-5,12H2,1-3H3,(H,22,23)/b21-11+. The molecule has 0 radical (unpaired) electrons. The van der Waals surface area contributed by atoms with Gasteiger partial charge in [-0.25, -0.2) is 5.43 Å². The van der Waals surface area contributed by atoms with E-state index in [1.807, 2.05) is 25.1 Å². The molecule has 1 unspecified atom stereocenters. The van der Waals surface area contributed by atoms with E-state index in [0.29, 0.717) is 11.7 Å². The Hall–Kier alpha value is -1.66. The van der Waals surface area contributed by atoms with Crippen molar-refractivity contribution in [2.75, 3.05) is 6.61 Å². The summed E-state index contributed by atoms with van der Waals surface area (Å²) >= 11 is 5.06. The molecule has 0 aliphatic heterocycles. The minimum Gasteiger partial charge on any atom is -0.484 e. The summed E-state index contributed by atoms with van der Waals surface area (Å²) in [5.74, 6) is 0.939. The van der Waals surface area contributed by atoms with Gasteiger partial charge in [0.1, 0.15) is 5.75 Å². The highest BCUT2D eigenvalue weighted by molar-refractivity contribution is 9.10. The maximum atomic E-state index is 11.8. The molecule has 0 aliphatic rings. The summed E-state index contributed by atoms with van der Waals surface area (Å²) < 4.78 is 6.54. The molecule has 4 nitrogen and oxygen atoms in total. The summed E-state index contributed by atoms with van der Waals surface area (Å²) in [6.45, 7) is 6.37. The Morgan fingerprint density at radius 1 is 1.40 bits per heavy atom. The van der Waals surface area contributed by atoms with E-state index in [4.69, 9.17) is 4.74 Å². The molecule has 1 N–H and O–H groups in total. The summed E-state index contributed by atoms with van der Waals surface area (Å²) in [6, 6.07) is 9.90. The van der Waals surface area contributed by atoms with Crippen LogP contribution >= 0.6 is 27.3 Å². The number of nitrogens with one attached hydrogen (secondary N) is 1. The fraction of sp³-hybridized carbons (Fsp3) is 0.368. The molecule has 0 aliphatic carbocycles. The quantitative estimate of drug-likeness (QED) is 0.466. The topological polar surface area (TPSA) is 50.7 Å². The van der Waals surface area contributed by atoms with Crippen LogP contribution in [0.2, 0.25) is 0 Å². The summed E-state index contributed by atoms with van der Waals surface area (Å²) in [5.41, 5.74) is 3.77. The first-order chi connectivity index (χ1) is 12.0. The smallest absolute Gasteiger partial charge is 0.277 e. The predicted molar refractivity (Wildman–Crippen MR) is 108 cm³/mol. The molecule has 1 atom stereocenters. The molecular formula is C19H23BrN2O2S. The number of hydrazone groups is 1. The molecule has 0 saturated carbocycles. The summed E-state index contributed by atoms with van der Waals surface area (Å²) in [4.78, 5) is 13.9. The second-order valence-corrected chi connectivity index (χ2v) is 8.04. The van der Waals surface area contributed by atoms with E-state index in [9.17, 15) is 4.79 Å². The average molecular weight is 423 g/mol. The molecule has 1 amide bonds. The number of amides is 1. The largest absolute Gasteiger partial charge is 0.484 e. The third-order valence-corrected chi connectivity index (χ3v) is 5.87. The van der Waals surface area contributed by atoms with Gasteiger partial charge < -0.3 is 4.74 Å². The minimum absolute atomic E-state index is 0.0611. The van der Waals surface area contributed by atoms with Crippen LogP contribution in [0, 0.1) is 6.92 Å². The van der Waals surface area contributed by atoms with Gasteiger partial charge >= 0.3 is 0 Å². The number of rotatable bonds is 8. The molecule has 0 bridgehead atoms. The van der Waals surface area contributed by atoms with Gasteiger partial charge in [-0.2, -0.15) is 5.10 Å². The van der Waals surface area contributed by atoms with Crippen LogP contribution in [0.25, 0.3) is 0 Å². The number of nitrogens with zero attached hydrogens (tertiary/aromatic N) is 1. The number of ether oxygens (including phenoxy) is 1. The van der Waals surface area contributed by atoms with Crippen LogP contribution in [0.3, 0.4) is 0 Å². The van der Waals surface area contributed by atoms with Crippen molar-refractivity contribution in [3.05, 3.63) is 50.1 Å². The van der Waals surface area contributed by atoms with Crippen molar-refractivity contribution in [3.63, 3.8) is 0 Å². The maximum absolute atomic E-state index is 11.8. The molecule has 1 aromatic heterocycles. The lowest BCUT2D eigenvalue weighted by atomic mass is 9.97. The Kier molecular flexibility index (Phi) is 7.65. The number of carbonyl (C=O) groups is 1. The van der Waals surface area contributed by atoms with Crippen LogP contribution in [-0.2, 0) is 4.79 Å². The number of benzene rings is 1. The van der Waals surface area contributed by atoms with E-state index in [1.54, 1.807) is 17.6 Å². The fourth-order valence-corrected chi connectivity index (χ4v) is 3.82. The van der Waals surface area contributed by atoms with Gasteiger partial charge in [0.25, 0.3) is 5.91 Å². The van der Waals surface area contributed by atoms with Crippen LogP contribution in [0.1, 0.15) is 47.9 Å². The third kappa shape index (κ3) is 6.29. The SMILES string of the molecule is CCCC(C)c1ccc(OCC(=O)N/N=C/c2cc(Br)c(C)s2)cc1. The highest BCUT2D eigenvalue weighted by atomic mass is 79.9. The molecule has 0 fully saturated rings. The monoisotopic (exact) mass is 422 g/mol. The maximum Gasteiger partial charge on any atom is 0.277 e. The van der Waals surface area contributed by atoms with Crippen LogP contribution < -0.4 is 10.2 Å². The van der Waals surface area contributed by atoms with E-state index in [1.165, 1.54) is 23.3 Å². The van der Waals surface area contributed by atoms with Crippen molar-refractivity contribution >= 4 is 39.4 Å². The van der Waals surface area contributed by atoms with E-state index >= 15 is 0 Å². The van der Waals surface area contributed by atoms with Gasteiger partial charge in [0.05, 0.1) is 6.21 Å². The van der Waals surface area contributed by atoms with E-state index < -0.39 is 0 Å². The average Bonchev–Trinajstić information content (AvgIpc) is 2.91. The molecule has 1 aromatic carbocycles. The Labute approximate surface area is 161 Å². The zero-order chi connectivity index (χ0) is 18.2. The lowest BCUT2D eigenvalue weighted by molar-refractivity contribution is -0.123. The molecule has 0 saturated heterocycles. The Bertz CT molecular complexity index is 706. The number of thiophene rings is 1. The van der Waals surface area contributed by atoms with Crippen LogP contribution in [0.15, 0.2) is 39.9 Å². The van der Waals surface area contributed by atoms with Crippen LogP contribution in [-0.4, -0.2) is 18.7 Å². The van der Waals surface area contributed by atoms with E-state index in [-0.39, 0.29) is 12.5 Å². The van der Waals surface area contributed by atoms with Crippen LogP contribution in [0.4, 0.5) is 0 Å². The predicted octanol–water partition coefficient (Wildman–Crippen LogP) is 5.25. The highest BCUT2D eigenvalue weighted by Gasteiger charge is 2.06. The van der Waals surface area contributed by atoms with Gasteiger partial charge in [-0.3, -0.25) is 4.79 Å². The molecule has 2 aromatic rings. The molecule has 6 heteroatoms. The molecule has 0 spiro atoms. The Morgan fingerprint density at radius 3 is 2.72 bits per heavy atom. The summed E-state index contributed by atoms with van der Waals surface area (Å²) in [5, 5.41) is 3.95. The zero-order valence-electron chi connectivity index (χ0n) is 14.7. The van der Waals surface area contributed by atoms with Crippen molar-refractivity contribution in [2.24, 2.45) is 5.10 Å². The minimum atomic E-state index is -0.285. The van der Waals surface area contributed by atoms with Gasteiger partial charge in [-0.1, -0.05) is 32.4 Å². The van der Waals surface area contributed by atoms with Crippen molar-refractivity contribution in [1.29, 1.82) is 0 Å². The number of carbonyl (C=O) groups excluding carboxylic acids is 1. The second kappa shape index (κ2) is 9.73. The van der Waals surface area contributed by atoms with Crippen molar-refractivity contribution in [1.82, 2.24) is 5.43 Å². The van der Waals surface area contributed by atoms with E-state index in [0.717, 1.165) is 9.35 Å². The number of hydrogen-bond donors (Lipinski definition) is 1. The summed E-state index contributed by atoms with van der Waals surface area (Å²) in [7, 11) is 0. The van der Waals surface area contributed by atoms with Gasteiger partial charge in [-0.05, 0) is 59.0 Å². The van der Waals surface area contributed by atoms with Crippen LogP contribution in [0.5, 0.6) is 5.75 Å². The lowest BCUT2D eigenvalue weighted by Gasteiger charge is -2.11. The van der Waals surface area contributed by atoms with Gasteiger partial charge in [-0.15, -0.1) is 11.3 Å². The van der Waals surface area contributed by atoms with E-state index in [2.05, 4.69) is 52.4 Å². The molecule has 25 heavy (non-hydrogen) atoms. The normalized spacial score (nSPS) is 12.3. The fourth-order valence-electron chi connectivity index (χ4n) is 2.39. The van der Waals surface area contributed by atoms with Crippen molar-refractivity contribution in [2.45, 2.75) is 39.5 Å². The summed E-state index contributed by atoms with van der Waals surface area (Å²) in [6.07, 6.45) is 3.97. The number of hydrogen-bond acceptors (Lipinski definition) is 4. The first kappa shape index (κ1) is 19.7. The van der Waals surface area contributed by atoms with Gasteiger partial charge in [0.15, 0.2) is 6.61 Å². The molecule has 1 heterocycles. The molecule has 134 valence electrons. The Balaban J connectivity index is 1.77. The van der Waals surface area contributed by atoms with Crippen molar-refractivity contribution in [3.8, 4) is 5.75 Å². The second-order valence-electron chi connectivity index (χ2n) is 5.89. The number of aryl methyl sites for hydroxylation is 1. The number of halogens is 1. The lowest BCUT2D eigenvalue weighted by Crippen LogP contribution is -2.24.